The van der Waals surface area contributed by atoms with Crippen molar-refractivity contribution in [2.24, 2.45) is 17.6 Å². The smallest absolute Gasteiger partial charge is 0.239 e. The van der Waals surface area contributed by atoms with E-state index in [0.717, 1.165) is 43.3 Å². The molecule has 24 heavy (non-hydrogen) atoms. The van der Waals surface area contributed by atoms with Crippen LogP contribution < -0.4 is 5.73 Å². The van der Waals surface area contributed by atoms with Crippen molar-refractivity contribution in [3.8, 4) is 0 Å². The van der Waals surface area contributed by atoms with Gasteiger partial charge in [-0.2, -0.15) is 0 Å². The van der Waals surface area contributed by atoms with Crippen molar-refractivity contribution < 1.29 is 4.79 Å². The fraction of sp³-hybridized carbons (Fsp3) is 0.650. The molecule has 2 fully saturated rings. The van der Waals surface area contributed by atoms with E-state index in [0.29, 0.717) is 6.42 Å². The molecule has 2 aliphatic rings. The first-order valence-electron chi connectivity index (χ1n) is 9.40. The second-order valence-corrected chi connectivity index (χ2v) is 7.60. The fourth-order valence-corrected chi connectivity index (χ4v) is 4.28. The van der Waals surface area contributed by atoms with Gasteiger partial charge in [-0.25, -0.2) is 0 Å². The van der Waals surface area contributed by atoms with Crippen LogP contribution in [0.25, 0.3) is 0 Å². The third-order valence-corrected chi connectivity index (χ3v) is 5.90. The van der Waals surface area contributed by atoms with Crippen LogP contribution in [-0.2, 0) is 11.2 Å². The van der Waals surface area contributed by atoms with Crippen molar-refractivity contribution in [2.45, 2.75) is 38.1 Å². The van der Waals surface area contributed by atoms with Crippen LogP contribution in [0.15, 0.2) is 30.3 Å². The zero-order chi connectivity index (χ0) is 16.9. The number of amides is 1. The maximum atomic E-state index is 12.6. The lowest BCUT2D eigenvalue weighted by Gasteiger charge is -2.40. The van der Waals surface area contributed by atoms with Crippen LogP contribution in [0.5, 0.6) is 0 Å². The number of nitrogens with two attached hydrogens (primary N) is 1. The predicted molar refractivity (Wildman–Crippen MR) is 97.6 cm³/mol. The molecule has 0 radical (unpaired) electrons. The van der Waals surface area contributed by atoms with Gasteiger partial charge >= 0.3 is 0 Å². The molecule has 4 nitrogen and oxygen atoms in total. The quantitative estimate of drug-likeness (QED) is 0.921. The monoisotopic (exact) mass is 329 g/mol. The van der Waals surface area contributed by atoms with Crippen molar-refractivity contribution in [2.75, 3.05) is 33.2 Å². The fourth-order valence-electron chi connectivity index (χ4n) is 4.28. The van der Waals surface area contributed by atoms with Gasteiger partial charge in [0.25, 0.3) is 0 Å². The Morgan fingerprint density at radius 2 is 1.58 bits per heavy atom. The van der Waals surface area contributed by atoms with Gasteiger partial charge in [-0.1, -0.05) is 30.3 Å². The summed E-state index contributed by atoms with van der Waals surface area (Å²) in [6.45, 7) is 4.23. The highest BCUT2D eigenvalue weighted by Crippen LogP contribution is 2.32. The Morgan fingerprint density at radius 3 is 2.17 bits per heavy atom. The molecule has 0 saturated carbocycles. The predicted octanol–water partition coefficient (Wildman–Crippen LogP) is 2.14. The van der Waals surface area contributed by atoms with E-state index in [-0.39, 0.29) is 5.91 Å². The zero-order valence-electron chi connectivity index (χ0n) is 14.9. The second kappa shape index (κ2) is 8.13. The van der Waals surface area contributed by atoms with Gasteiger partial charge in [0, 0.05) is 13.1 Å². The molecule has 1 aromatic rings. The normalized spacial score (nSPS) is 22.5. The van der Waals surface area contributed by atoms with Crippen molar-refractivity contribution >= 4 is 5.91 Å². The summed E-state index contributed by atoms with van der Waals surface area (Å²) in [6, 6.07) is 9.66. The molecule has 4 heteroatoms. The zero-order valence-corrected chi connectivity index (χ0v) is 14.9. The van der Waals surface area contributed by atoms with Crippen molar-refractivity contribution in [1.29, 1.82) is 0 Å². The number of hydrogen-bond donors (Lipinski definition) is 1. The molecule has 1 amide bonds. The second-order valence-electron chi connectivity index (χ2n) is 7.60. The van der Waals surface area contributed by atoms with Crippen LogP contribution in [0.4, 0.5) is 0 Å². The van der Waals surface area contributed by atoms with Crippen LogP contribution in [-0.4, -0.2) is 55.0 Å². The van der Waals surface area contributed by atoms with Gasteiger partial charge in [0.2, 0.25) is 5.91 Å². The SMILES string of the molecule is CN1CCC(C2CCN(C(=O)[C@@H](N)Cc3ccccc3)CC2)CC1. The summed E-state index contributed by atoms with van der Waals surface area (Å²) < 4.78 is 0. The number of hydrogen-bond acceptors (Lipinski definition) is 3. The maximum Gasteiger partial charge on any atom is 0.239 e. The Kier molecular flexibility index (Phi) is 5.90. The van der Waals surface area contributed by atoms with E-state index in [1.165, 1.54) is 25.9 Å². The molecule has 0 unspecified atom stereocenters. The molecule has 0 aliphatic carbocycles. The maximum absolute atomic E-state index is 12.6. The van der Waals surface area contributed by atoms with E-state index in [1.54, 1.807) is 0 Å². The minimum absolute atomic E-state index is 0.126. The summed E-state index contributed by atoms with van der Waals surface area (Å²) >= 11 is 0. The molecular formula is C20H31N3O. The highest BCUT2D eigenvalue weighted by molar-refractivity contribution is 5.82. The van der Waals surface area contributed by atoms with Crippen LogP contribution in [0.2, 0.25) is 0 Å². The summed E-state index contributed by atoms with van der Waals surface area (Å²) in [7, 11) is 2.21. The van der Waals surface area contributed by atoms with Gasteiger partial charge < -0.3 is 15.5 Å². The lowest BCUT2D eigenvalue weighted by Crippen LogP contribution is -2.49. The van der Waals surface area contributed by atoms with E-state index in [4.69, 9.17) is 5.73 Å². The van der Waals surface area contributed by atoms with E-state index in [9.17, 15) is 4.79 Å². The number of carbonyl (C=O) groups is 1. The highest BCUT2D eigenvalue weighted by Gasteiger charge is 2.31. The summed E-state index contributed by atoms with van der Waals surface area (Å²) in [4.78, 5) is 17.1. The van der Waals surface area contributed by atoms with Gasteiger partial charge in [0.05, 0.1) is 6.04 Å². The van der Waals surface area contributed by atoms with Crippen LogP contribution >= 0.6 is 0 Å². The molecule has 2 heterocycles. The summed E-state index contributed by atoms with van der Waals surface area (Å²) in [6.07, 6.45) is 5.58. The molecule has 0 aromatic heterocycles. The van der Waals surface area contributed by atoms with Gasteiger partial charge in [-0.15, -0.1) is 0 Å². The molecule has 2 aliphatic heterocycles. The Morgan fingerprint density at radius 1 is 1.04 bits per heavy atom. The highest BCUT2D eigenvalue weighted by atomic mass is 16.2. The third kappa shape index (κ3) is 4.37. The molecule has 132 valence electrons. The minimum Gasteiger partial charge on any atom is -0.341 e. The average molecular weight is 329 g/mol. The number of likely N-dealkylation sites (tertiary alicyclic amines) is 2. The first-order valence-corrected chi connectivity index (χ1v) is 9.40. The first-order chi connectivity index (χ1) is 11.6. The van der Waals surface area contributed by atoms with E-state index < -0.39 is 6.04 Å². The van der Waals surface area contributed by atoms with Gasteiger partial charge in [0.1, 0.15) is 0 Å². The number of piperidine rings is 2. The van der Waals surface area contributed by atoms with Gasteiger partial charge in [0.15, 0.2) is 0 Å². The molecule has 0 spiro atoms. The standard InChI is InChI=1S/C20H31N3O/c1-22-11-7-17(8-12-22)18-9-13-23(14-10-18)20(24)19(21)15-16-5-3-2-4-6-16/h2-6,17-19H,7-15,21H2,1H3/t19-/m0/s1. The molecule has 2 saturated heterocycles. The van der Waals surface area contributed by atoms with Gasteiger partial charge in [-0.3, -0.25) is 4.79 Å². The molecule has 3 rings (SSSR count). The van der Waals surface area contributed by atoms with Crippen LogP contribution in [0.1, 0.15) is 31.2 Å². The number of carbonyl (C=O) groups excluding carboxylic acids is 1. The largest absolute Gasteiger partial charge is 0.341 e. The van der Waals surface area contributed by atoms with Crippen molar-refractivity contribution in [3.05, 3.63) is 35.9 Å². The van der Waals surface area contributed by atoms with Crippen LogP contribution in [0, 0.1) is 11.8 Å². The molecule has 1 atom stereocenters. The lowest BCUT2D eigenvalue weighted by atomic mass is 9.79. The number of benzene rings is 1. The van der Waals surface area contributed by atoms with Crippen LogP contribution in [0.3, 0.4) is 0 Å². The van der Waals surface area contributed by atoms with E-state index >= 15 is 0 Å². The minimum atomic E-state index is -0.410. The number of nitrogens with zero attached hydrogens (tertiary/aromatic N) is 2. The van der Waals surface area contributed by atoms with Crippen molar-refractivity contribution in [1.82, 2.24) is 9.80 Å². The van der Waals surface area contributed by atoms with Crippen molar-refractivity contribution in [3.63, 3.8) is 0 Å². The first kappa shape index (κ1) is 17.4. The number of rotatable bonds is 4. The third-order valence-electron chi connectivity index (χ3n) is 5.90. The molecule has 2 N–H and O–H groups in total. The van der Waals surface area contributed by atoms with E-state index in [1.807, 2.05) is 35.2 Å². The lowest BCUT2D eigenvalue weighted by molar-refractivity contribution is -0.134. The summed E-state index contributed by atoms with van der Waals surface area (Å²) in [5.41, 5.74) is 7.31. The molecule has 0 bridgehead atoms. The Bertz CT molecular complexity index is 517. The summed E-state index contributed by atoms with van der Waals surface area (Å²) in [5.74, 6) is 1.78. The topological polar surface area (TPSA) is 49.6 Å². The molecular weight excluding hydrogens is 298 g/mol. The molecule has 1 aromatic carbocycles. The van der Waals surface area contributed by atoms with E-state index in [2.05, 4.69) is 11.9 Å². The Balaban J connectivity index is 1.46. The summed E-state index contributed by atoms with van der Waals surface area (Å²) in [5, 5.41) is 0. The van der Waals surface area contributed by atoms with Gasteiger partial charge in [-0.05, 0) is 69.6 Å². The Hall–Kier alpha value is -1.39. The average Bonchev–Trinajstić information content (AvgIpc) is 2.63. The Labute approximate surface area is 146 Å².